The largest absolute Gasteiger partial charge is 0.299 e. The van der Waals surface area contributed by atoms with Crippen LogP contribution in [0.1, 0.15) is 108 Å². The number of aryl methyl sites for hydroxylation is 2. The molecule has 0 spiro atoms. The molecule has 0 aliphatic heterocycles. The monoisotopic (exact) mass is 530 g/mol. The smallest absolute Gasteiger partial charge is 0.161 e. The van der Waals surface area contributed by atoms with E-state index in [0.717, 1.165) is 42.4 Å². The maximum Gasteiger partial charge on any atom is 0.161 e. The second-order valence-electron chi connectivity index (χ2n) is 10.9. The van der Waals surface area contributed by atoms with Crippen LogP contribution in [0.5, 0.6) is 0 Å². The summed E-state index contributed by atoms with van der Waals surface area (Å²) in [6.45, 7) is 16.3. The summed E-state index contributed by atoms with van der Waals surface area (Å²) in [5, 5.41) is 0. The molecule has 0 radical (unpaired) electrons. The number of allylic oxidation sites excluding steroid dienone is 1. The molecule has 0 N–H and O–H groups in total. The van der Waals surface area contributed by atoms with Crippen molar-refractivity contribution in [2.75, 3.05) is 0 Å². The van der Waals surface area contributed by atoms with Crippen molar-refractivity contribution < 1.29 is 14.4 Å². The van der Waals surface area contributed by atoms with Crippen LogP contribution in [-0.4, -0.2) is 17.3 Å². The highest BCUT2D eigenvalue weighted by Gasteiger charge is 2.36. The van der Waals surface area contributed by atoms with Crippen LogP contribution in [-0.2, 0) is 27.2 Å². The number of rotatable bonds is 12. The van der Waals surface area contributed by atoms with Gasteiger partial charge in [-0.3, -0.25) is 14.4 Å². The Morgan fingerprint density at radius 3 is 2.26 bits per heavy atom. The van der Waals surface area contributed by atoms with Crippen LogP contribution < -0.4 is 0 Å². The van der Waals surface area contributed by atoms with Crippen LogP contribution in [0, 0.1) is 24.7 Å². The molecule has 0 amide bonds. The summed E-state index contributed by atoms with van der Waals surface area (Å²) in [5.74, 6) is 0.292. The summed E-state index contributed by atoms with van der Waals surface area (Å²) >= 11 is 0. The van der Waals surface area contributed by atoms with E-state index >= 15 is 0 Å². The Morgan fingerprint density at radius 2 is 1.64 bits per heavy atom. The third kappa shape index (κ3) is 9.12. The zero-order chi connectivity index (χ0) is 28.9. The quantitative estimate of drug-likeness (QED) is 0.203. The van der Waals surface area contributed by atoms with Crippen LogP contribution in [0.3, 0.4) is 0 Å². The molecule has 0 heterocycles. The van der Waals surface area contributed by atoms with Crippen molar-refractivity contribution in [2.45, 2.75) is 105 Å². The fourth-order valence-corrected chi connectivity index (χ4v) is 5.87. The predicted molar refractivity (Wildman–Crippen MR) is 163 cm³/mol. The van der Waals surface area contributed by atoms with Crippen LogP contribution >= 0.6 is 0 Å². The lowest BCUT2D eigenvalue weighted by atomic mass is 9.76. The van der Waals surface area contributed by atoms with Gasteiger partial charge in [-0.25, -0.2) is 0 Å². The minimum absolute atomic E-state index is 0.00783. The fourth-order valence-electron chi connectivity index (χ4n) is 5.87. The average Bonchev–Trinajstić information content (AvgIpc) is 3.19. The lowest BCUT2D eigenvalue weighted by Gasteiger charge is -2.27. The number of Topliss-reactive ketones (excluding diaryl/α,β-unsaturated/α-hetero) is 3. The van der Waals surface area contributed by atoms with Crippen LogP contribution in [0.25, 0.3) is 0 Å². The Kier molecular flexibility index (Phi) is 13.6. The molecule has 3 nitrogen and oxygen atoms in total. The highest BCUT2D eigenvalue weighted by atomic mass is 16.1. The molecule has 0 bridgehead atoms. The number of hydrogen-bond acceptors (Lipinski definition) is 3. The molecule has 3 rings (SSSR count). The second-order valence-corrected chi connectivity index (χ2v) is 10.9. The summed E-state index contributed by atoms with van der Waals surface area (Å²) in [7, 11) is 0. The summed E-state index contributed by atoms with van der Waals surface area (Å²) < 4.78 is 0. The van der Waals surface area contributed by atoms with Crippen molar-refractivity contribution in [3.05, 3.63) is 82.9 Å². The molecule has 39 heavy (non-hydrogen) atoms. The number of ketones is 3. The first-order valence-electron chi connectivity index (χ1n) is 15.2. The Hall–Kier alpha value is -2.81. The van der Waals surface area contributed by atoms with E-state index in [0.29, 0.717) is 37.7 Å². The first kappa shape index (κ1) is 32.4. The average molecular weight is 531 g/mol. The molecule has 1 aliphatic carbocycles. The Bertz CT molecular complexity index is 1090. The second kappa shape index (κ2) is 16.3. The van der Waals surface area contributed by atoms with Crippen molar-refractivity contribution in [1.82, 2.24) is 0 Å². The SMILES string of the molecule is C=C(Cc1ccccc1C)C(=O)C1CCCC(C(=O)CC)CC1CCC(=O)C(C)c1ccc(CC)cc1.CC. The van der Waals surface area contributed by atoms with Gasteiger partial charge >= 0.3 is 0 Å². The summed E-state index contributed by atoms with van der Waals surface area (Å²) in [6, 6.07) is 16.4. The molecule has 1 aliphatic rings. The van der Waals surface area contributed by atoms with Gasteiger partial charge in [0.15, 0.2) is 5.78 Å². The molecule has 0 aromatic heterocycles. The van der Waals surface area contributed by atoms with Crippen LogP contribution in [0.4, 0.5) is 0 Å². The molecular weight excluding hydrogens is 480 g/mol. The van der Waals surface area contributed by atoms with Crippen molar-refractivity contribution in [3.63, 3.8) is 0 Å². The fraction of sp³-hybridized carbons (Fsp3) is 0.528. The molecule has 212 valence electrons. The van der Waals surface area contributed by atoms with Gasteiger partial charge in [-0.15, -0.1) is 0 Å². The highest BCUT2D eigenvalue weighted by molar-refractivity contribution is 5.97. The normalized spacial score (nSPS) is 19.7. The van der Waals surface area contributed by atoms with E-state index in [1.165, 1.54) is 5.56 Å². The highest BCUT2D eigenvalue weighted by Crippen LogP contribution is 2.38. The van der Waals surface area contributed by atoms with Gasteiger partial charge in [0.25, 0.3) is 0 Å². The molecular formula is C36H50O3. The predicted octanol–water partition coefficient (Wildman–Crippen LogP) is 8.81. The molecule has 0 saturated heterocycles. The van der Waals surface area contributed by atoms with E-state index in [4.69, 9.17) is 0 Å². The van der Waals surface area contributed by atoms with E-state index in [1.807, 2.05) is 39.8 Å². The van der Waals surface area contributed by atoms with Gasteiger partial charge in [0, 0.05) is 37.0 Å². The third-order valence-electron chi connectivity index (χ3n) is 8.51. The molecule has 3 heteroatoms. The first-order chi connectivity index (χ1) is 18.7. The minimum Gasteiger partial charge on any atom is -0.299 e. The molecule has 2 aromatic rings. The van der Waals surface area contributed by atoms with Crippen LogP contribution in [0.15, 0.2) is 60.7 Å². The van der Waals surface area contributed by atoms with Crippen molar-refractivity contribution >= 4 is 17.3 Å². The number of carbonyl (C=O) groups is 3. The van der Waals surface area contributed by atoms with E-state index in [2.05, 4.69) is 56.8 Å². The van der Waals surface area contributed by atoms with Gasteiger partial charge in [-0.05, 0) is 72.8 Å². The maximum absolute atomic E-state index is 13.7. The van der Waals surface area contributed by atoms with Crippen LogP contribution in [0.2, 0.25) is 0 Å². The van der Waals surface area contributed by atoms with Gasteiger partial charge < -0.3 is 0 Å². The van der Waals surface area contributed by atoms with Crippen molar-refractivity contribution in [1.29, 1.82) is 0 Å². The first-order valence-corrected chi connectivity index (χ1v) is 15.2. The Balaban J connectivity index is 0.00000260. The van der Waals surface area contributed by atoms with Gasteiger partial charge in [-0.2, -0.15) is 0 Å². The van der Waals surface area contributed by atoms with E-state index in [1.54, 1.807) is 0 Å². The zero-order valence-corrected chi connectivity index (χ0v) is 25.2. The van der Waals surface area contributed by atoms with E-state index in [9.17, 15) is 14.4 Å². The summed E-state index contributed by atoms with van der Waals surface area (Å²) in [4.78, 5) is 39.6. The molecule has 4 atom stereocenters. The molecule has 4 unspecified atom stereocenters. The Morgan fingerprint density at radius 1 is 0.974 bits per heavy atom. The van der Waals surface area contributed by atoms with Gasteiger partial charge in [0.2, 0.25) is 0 Å². The molecule has 1 fully saturated rings. The maximum atomic E-state index is 13.7. The summed E-state index contributed by atoms with van der Waals surface area (Å²) in [6.07, 6.45) is 6.32. The zero-order valence-electron chi connectivity index (χ0n) is 25.2. The van der Waals surface area contributed by atoms with E-state index in [-0.39, 0.29) is 41.0 Å². The van der Waals surface area contributed by atoms with Gasteiger partial charge in [0.1, 0.15) is 11.6 Å². The number of benzene rings is 2. The lowest BCUT2D eigenvalue weighted by Crippen LogP contribution is -2.28. The summed E-state index contributed by atoms with van der Waals surface area (Å²) in [5.41, 5.74) is 5.24. The van der Waals surface area contributed by atoms with E-state index < -0.39 is 0 Å². The van der Waals surface area contributed by atoms with Crippen molar-refractivity contribution in [2.24, 2.45) is 17.8 Å². The number of carbonyl (C=O) groups excluding carboxylic acids is 3. The van der Waals surface area contributed by atoms with Gasteiger partial charge in [0.05, 0.1) is 0 Å². The van der Waals surface area contributed by atoms with Crippen molar-refractivity contribution in [3.8, 4) is 0 Å². The minimum atomic E-state index is -0.171. The standard InChI is InChI=1S/C34H44O3.C2H6/c1-6-26-15-17-27(18-16-26)25(5)33(36)20-19-29-22-30(32(35)7-2)13-10-14-31(29)34(37)24(4)21-28-12-9-8-11-23(28)3;1-2/h8-9,11-12,15-18,25,29-31H,4,6-7,10,13-14,19-22H2,1-3,5H3;1-2H3. The lowest BCUT2D eigenvalue weighted by molar-refractivity contribution is -0.125. The Labute approximate surface area is 237 Å². The molecule has 1 saturated carbocycles. The topological polar surface area (TPSA) is 51.2 Å². The molecule has 2 aromatic carbocycles. The number of hydrogen-bond donors (Lipinski definition) is 0. The third-order valence-corrected chi connectivity index (χ3v) is 8.51. The van der Waals surface area contributed by atoms with Gasteiger partial charge in [-0.1, -0.05) is 96.1 Å².